The van der Waals surface area contributed by atoms with E-state index in [4.69, 9.17) is 4.74 Å². The van der Waals surface area contributed by atoms with Crippen molar-refractivity contribution in [2.75, 3.05) is 0 Å². The molecule has 2 heteroatoms. The molecule has 0 N–H and O–H groups in total. The second-order valence-electron chi connectivity index (χ2n) is 4.45. The van der Waals surface area contributed by atoms with Crippen LogP contribution < -0.4 is 0 Å². The Morgan fingerprint density at radius 2 is 1.64 bits per heavy atom. The number of carbonyl (C=O) groups is 1. The summed E-state index contributed by atoms with van der Waals surface area (Å²) in [6.45, 7) is 7.93. The second-order valence-corrected chi connectivity index (χ2v) is 4.45. The zero-order valence-electron chi connectivity index (χ0n) is 10.0. The lowest BCUT2D eigenvalue weighted by Crippen LogP contribution is -2.11. The first kappa shape index (κ1) is 13.5. The van der Waals surface area contributed by atoms with E-state index in [2.05, 4.69) is 13.8 Å². The van der Waals surface area contributed by atoms with Gasteiger partial charge in [0.1, 0.15) is 0 Å². The minimum Gasteiger partial charge on any atom is -0.463 e. The van der Waals surface area contributed by atoms with Gasteiger partial charge in [-0.15, -0.1) is 0 Å². The number of rotatable bonds is 7. The summed E-state index contributed by atoms with van der Waals surface area (Å²) in [7, 11) is 0. The van der Waals surface area contributed by atoms with Crippen LogP contribution in [0.5, 0.6) is 0 Å². The van der Waals surface area contributed by atoms with Gasteiger partial charge in [-0.25, -0.2) is 0 Å². The highest BCUT2D eigenvalue weighted by molar-refractivity contribution is 5.66. The van der Waals surface area contributed by atoms with Gasteiger partial charge in [0, 0.05) is 6.92 Å². The summed E-state index contributed by atoms with van der Waals surface area (Å²) in [5.74, 6) is 0.639. The molecular weight excluding hydrogens is 176 g/mol. The van der Waals surface area contributed by atoms with Gasteiger partial charge in [0.2, 0.25) is 0 Å². The van der Waals surface area contributed by atoms with Crippen LogP contribution in [-0.2, 0) is 9.53 Å². The fourth-order valence-electron chi connectivity index (χ4n) is 1.50. The highest BCUT2D eigenvalue weighted by Crippen LogP contribution is 2.11. The predicted molar refractivity (Wildman–Crippen MR) is 59.2 cm³/mol. The van der Waals surface area contributed by atoms with Gasteiger partial charge in [0.15, 0.2) is 0 Å². The quantitative estimate of drug-likeness (QED) is 0.464. The van der Waals surface area contributed by atoms with Crippen LogP contribution in [0.1, 0.15) is 59.8 Å². The van der Waals surface area contributed by atoms with Crippen LogP contribution in [0.25, 0.3) is 0 Å². The number of ether oxygens (including phenoxy) is 1. The third kappa shape index (κ3) is 9.56. The maximum absolute atomic E-state index is 10.6. The van der Waals surface area contributed by atoms with E-state index in [-0.39, 0.29) is 12.1 Å². The number of esters is 1. The van der Waals surface area contributed by atoms with E-state index in [1.807, 2.05) is 6.92 Å². The Morgan fingerprint density at radius 1 is 1.07 bits per heavy atom. The molecule has 0 aromatic rings. The summed E-state index contributed by atoms with van der Waals surface area (Å²) in [6.07, 6.45) is 6.11. The second kappa shape index (κ2) is 7.84. The molecule has 0 radical (unpaired) electrons. The van der Waals surface area contributed by atoms with Crippen LogP contribution in [0.15, 0.2) is 0 Å². The molecule has 0 rings (SSSR count). The number of hydrogen-bond donors (Lipinski definition) is 0. The van der Waals surface area contributed by atoms with Crippen molar-refractivity contribution in [2.45, 2.75) is 65.9 Å². The smallest absolute Gasteiger partial charge is 0.302 e. The summed E-state index contributed by atoms with van der Waals surface area (Å²) in [4.78, 5) is 10.6. The van der Waals surface area contributed by atoms with Crippen molar-refractivity contribution in [1.82, 2.24) is 0 Å². The normalized spacial score (nSPS) is 12.9. The fraction of sp³-hybridized carbons (Fsp3) is 0.917. The van der Waals surface area contributed by atoms with E-state index >= 15 is 0 Å². The van der Waals surface area contributed by atoms with Crippen molar-refractivity contribution in [2.24, 2.45) is 5.92 Å². The molecule has 14 heavy (non-hydrogen) atoms. The van der Waals surface area contributed by atoms with E-state index in [0.29, 0.717) is 0 Å². The lowest BCUT2D eigenvalue weighted by atomic mass is 10.0. The van der Waals surface area contributed by atoms with Gasteiger partial charge in [0.05, 0.1) is 6.10 Å². The van der Waals surface area contributed by atoms with Gasteiger partial charge >= 0.3 is 5.97 Å². The molecule has 0 fully saturated rings. The molecule has 0 aliphatic rings. The molecule has 2 nitrogen and oxygen atoms in total. The summed E-state index contributed by atoms with van der Waals surface area (Å²) >= 11 is 0. The molecule has 0 heterocycles. The summed E-state index contributed by atoms with van der Waals surface area (Å²) < 4.78 is 5.04. The summed E-state index contributed by atoms with van der Waals surface area (Å²) in [6, 6.07) is 0. The van der Waals surface area contributed by atoms with E-state index in [1.165, 1.54) is 32.6 Å². The average Bonchev–Trinajstić information content (AvgIpc) is 2.01. The van der Waals surface area contributed by atoms with Crippen molar-refractivity contribution < 1.29 is 9.53 Å². The third-order valence-corrected chi connectivity index (χ3v) is 2.26. The molecule has 0 saturated carbocycles. The maximum atomic E-state index is 10.6. The van der Waals surface area contributed by atoms with Gasteiger partial charge in [-0.05, 0) is 25.7 Å². The Balaban J connectivity index is 3.23. The molecule has 0 saturated heterocycles. The van der Waals surface area contributed by atoms with E-state index in [1.54, 1.807) is 0 Å². The molecule has 0 aliphatic carbocycles. The van der Waals surface area contributed by atoms with Crippen molar-refractivity contribution in [1.29, 1.82) is 0 Å². The van der Waals surface area contributed by atoms with Crippen molar-refractivity contribution in [3.8, 4) is 0 Å². The van der Waals surface area contributed by atoms with Crippen LogP contribution in [0.2, 0.25) is 0 Å². The molecule has 0 aromatic heterocycles. The van der Waals surface area contributed by atoms with E-state index < -0.39 is 0 Å². The topological polar surface area (TPSA) is 26.3 Å². The number of carbonyl (C=O) groups excluding carboxylic acids is 1. The lowest BCUT2D eigenvalue weighted by molar-refractivity contribution is -0.145. The van der Waals surface area contributed by atoms with Crippen LogP contribution in [0, 0.1) is 5.92 Å². The number of unbranched alkanes of at least 4 members (excludes halogenated alkanes) is 2. The molecule has 1 atom stereocenters. The average molecular weight is 200 g/mol. The Kier molecular flexibility index (Phi) is 7.54. The van der Waals surface area contributed by atoms with Gasteiger partial charge in [-0.3, -0.25) is 4.79 Å². The fourth-order valence-corrected chi connectivity index (χ4v) is 1.50. The summed E-state index contributed by atoms with van der Waals surface area (Å²) in [5.41, 5.74) is 0. The van der Waals surface area contributed by atoms with Crippen LogP contribution in [0.4, 0.5) is 0 Å². The first-order chi connectivity index (χ1) is 6.52. The van der Waals surface area contributed by atoms with Crippen LogP contribution in [0.3, 0.4) is 0 Å². The Bertz CT molecular complexity index is 152. The highest BCUT2D eigenvalue weighted by atomic mass is 16.5. The largest absolute Gasteiger partial charge is 0.463 e. The molecule has 1 unspecified atom stereocenters. The summed E-state index contributed by atoms with van der Waals surface area (Å²) in [5, 5.41) is 0. The van der Waals surface area contributed by atoms with Gasteiger partial charge in [-0.2, -0.15) is 0 Å². The zero-order chi connectivity index (χ0) is 11.0. The molecular formula is C12H24O2. The van der Waals surface area contributed by atoms with Gasteiger partial charge in [0.25, 0.3) is 0 Å². The maximum Gasteiger partial charge on any atom is 0.302 e. The molecule has 0 bridgehead atoms. The first-order valence-corrected chi connectivity index (χ1v) is 5.69. The molecule has 0 aromatic carbocycles. The van der Waals surface area contributed by atoms with Gasteiger partial charge in [-0.1, -0.05) is 33.1 Å². The monoisotopic (exact) mass is 200 g/mol. The molecule has 0 amide bonds. The van der Waals surface area contributed by atoms with Crippen molar-refractivity contribution in [3.05, 3.63) is 0 Å². The van der Waals surface area contributed by atoms with E-state index in [0.717, 1.165) is 12.3 Å². The third-order valence-electron chi connectivity index (χ3n) is 2.26. The molecule has 84 valence electrons. The molecule has 0 aliphatic heterocycles. The van der Waals surface area contributed by atoms with Crippen molar-refractivity contribution >= 4 is 5.97 Å². The minimum absolute atomic E-state index is 0.0894. The van der Waals surface area contributed by atoms with Crippen molar-refractivity contribution in [3.63, 3.8) is 0 Å². The number of hydrogen-bond acceptors (Lipinski definition) is 2. The Labute approximate surface area is 88.0 Å². The Hall–Kier alpha value is -0.530. The Morgan fingerprint density at radius 3 is 2.14 bits per heavy atom. The van der Waals surface area contributed by atoms with E-state index in [9.17, 15) is 4.79 Å². The predicted octanol–water partition coefficient (Wildman–Crippen LogP) is 3.54. The molecule has 0 spiro atoms. The standard InChI is InChI=1S/C12H24O2/c1-10(2)8-6-5-7-9-11(3)14-12(4)13/h10-11H,5-9H2,1-4H3. The highest BCUT2D eigenvalue weighted by Gasteiger charge is 2.04. The SMILES string of the molecule is CC(=O)OC(C)CCCCCC(C)C. The first-order valence-electron chi connectivity index (χ1n) is 5.69. The lowest BCUT2D eigenvalue weighted by Gasteiger charge is -2.11. The van der Waals surface area contributed by atoms with Crippen LogP contribution in [-0.4, -0.2) is 12.1 Å². The zero-order valence-corrected chi connectivity index (χ0v) is 10.0. The van der Waals surface area contributed by atoms with Crippen LogP contribution >= 0.6 is 0 Å². The minimum atomic E-state index is -0.167. The van der Waals surface area contributed by atoms with Gasteiger partial charge < -0.3 is 4.74 Å².